The number of nitro groups is 1. The highest BCUT2D eigenvalue weighted by Crippen LogP contribution is 2.38. The summed E-state index contributed by atoms with van der Waals surface area (Å²) in [5.74, 6) is 1.74. The van der Waals surface area contributed by atoms with Crippen molar-refractivity contribution >= 4 is 11.4 Å². The molecule has 2 fully saturated rings. The molecule has 0 aromatic heterocycles. The van der Waals surface area contributed by atoms with Crippen LogP contribution in [-0.4, -0.2) is 22.9 Å². The molecule has 5 nitrogen and oxygen atoms in total. The monoisotopic (exact) mass is 261 g/mol. The zero-order chi connectivity index (χ0) is 13.4. The first-order valence-electron chi connectivity index (χ1n) is 6.88. The number of likely N-dealkylation sites (tertiary alicyclic amines) is 1. The Hall–Kier alpha value is -1.62. The number of hydrogen-bond acceptors (Lipinski definition) is 4. The van der Waals surface area contributed by atoms with Crippen LogP contribution in [0.3, 0.4) is 0 Å². The van der Waals surface area contributed by atoms with E-state index in [2.05, 4.69) is 4.90 Å². The fourth-order valence-corrected chi connectivity index (χ4v) is 3.59. The van der Waals surface area contributed by atoms with Crippen LogP contribution in [0.15, 0.2) is 18.2 Å². The SMILES string of the molecule is Nc1cc(CN2CC3CCCC3C2)ccc1[N+](=O)[O-]. The Balaban J connectivity index is 1.67. The van der Waals surface area contributed by atoms with E-state index in [1.807, 2.05) is 6.07 Å². The van der Waals surface area contributed by atoms with Crippen LogP contribution >= 0.6 is 0 Å². The Morgan fingerprint density at radius 2 is 2.00 bits per heavy atom. The zero-order valence-electron chi connectivity index (χ0n) is 10.9. The highest BCUT2D eigenvalue weighted by Gasteiger charge is 2.35. The van der Waals surface area contributed by atoms with Gasteiger partial charge in [-0.1, -0.05) is 12.5 Å². The molecule has 1 aliphatic carbocycles. The van der Waals surface area contributed by atoms with Crippen LogP contribution in [0.1, 0.15) is 24.8 Å². The van der Waals surface area contributed by atoms with Gasteiger partial charge in [-0.15, -0.1) is 0 Å². The lowest BCUT2D eigenvalue weighted by molar-refractivity contribution is -0.383. The topological polar surface area (TPSA) is 72.4 Å². The summed E-state index contributed by atoms with van der Waals surface area (Å²) in [4.78, 5) is 12.7. The summed E-state index contributed by atoms with van der Waals surface area (Å²) in [5, 5.41) is 10.7. The standard InChI is InChI=1S/C14H19N3O2/c15-13-6-10(4-5-14(13)17(18)19)7-16-8-11-2-1-3-12(11)9-16/h4-6,11-12H,1-3,7-9,15H2. The number of anilines is 1. The average molecular weight is 261 g/mol. The van der Waals surface area contributed by atoms with E-state index in [0.717, 1.165) is 23.9 Å². The first-order chi connectivity index (χ1) is 9.13. The van der Waals surface area contributed by atoms with Crippen molar-refractivity contribution in [1.29, 1.82) is 0 Å². The molecule has 0 bridgehead atoms. The van der Waals surface area contributed by atoms with Gasteiger partial charge in [-0.2, -0.15) is 0 Å². The van der Waals surface area contributed by atoms with Crippen LogP contribution in [0.4, 0.5) is 11.4 Å². The van der Waals surface area contributed by atoms with E-state index in [-0.39, 0.29) is 11.4 Å². The molecule has 2 unspecified atom stereocenters. The first kappa shape index (κ1) is 12.4. The van der Waals surface area contributed by atoms with Crippen LogP contribution in [0, 0.1) is 22.0 Å². The number of nitrogens with zero attached hydrogens (tertiary/aromatic N) is 2. The molecule has 0 amide bonds. The second kappa shape index (κ2) is 4.81. The van der Waals surface area contributed by atoms with Gasteiger partial charge in [-0.05, 0) is 36.3 Å². The average Bonchev–Trinajstić information content (AvgIpc) is 2.89. The van der Waals surface area contributed by atoms with Gasteiger partial charge in [-0.25, -0.2) is 0 Å². The number of nitro benzene ring substituents is 1. The van der Waals surface area contributed by atoms with Crippen molar-refractivity contribution in [3.8, 4) is 0 Å². The predicted molar refractivity (Wildman–Crippen MR) is 73.6 cm³/mol. The van der Waals surface area contributed by atoms with E-state index in [0.29, 0.717) is 0 Å². The lowest BCUT2D eigenvalue weighted by Crippen LogP contribution is -2.21. The maximum Gasteiger partial charge on any atom is 0.292 e. The predicted octanol–water partition coefficient (Wildman–Crippen LogP) is 2.41. The normalized spacial score (nSPS) is 26.5. The van der Waals surface area contributed by atoms with E-state index < -0.39 is 4.92 Å². The zero-order valence-corrected chi connectivity index (χ0v) is 10.9. The summed E-state index contributed by atoms with van der Waals surface area (Å²) in [6.07, 6.45) is 4.11. The molecule has 1 aliphatic heterocycles. The van der Waals surface area contributed by atoms with E-state index >= 15 is 0 Å². The van der Waals surface area contributed by atoms with Crippen LogP contribution in [-0.2, 0) is 6.54 Å². The first-order valence-corrected chi connectivity index (χ1v) is 6.88. The lowest BCUT2D eigenvalue weighted by Gasteiger charge is -2.16. The number of hydrogen-bond donors (Lipinski definition) is 1. The second-order valence-corrected chi connectivity index (χ2v) is 5.80. The maximum absolute atomic E-state index is 10.7. The molecular weight excluding hydrogens is 242 g/mol. The molecule has 2 aliphatic rings. The van der Waals surface area contributed by atoms with Crippen molar-refractivity contribution < 1.29 is 4.92 Å². The maximum atomic E-state index is 10.7. The molecule has 0 spiro atoms. The van der Waals surface area contributed by atoms with Crippen LogP contribution in [0.5, 0.6) is 0 Å². The third-order valence-corrected chi connectivity index (χ3v) is 4.50. The largest absolute Gasteiger partial charge is 0.393 e. The van der Waals surface area contributed by atoms with E-state index in [9.17, 15) is 10.1 Å². The van der Waals surface area contributed by atoms with E-state index in [4.69, 9.17) is 5.73 Å². The molecule has 102 valence electrons. The Morgan fingerprint density at radius 1 is 1.32 bits per heavy atom. The van der Waals surface area contributed by atoms with E-state index in [1.165, 1.54) is 38.4 Å². The van der Waals surface area contributed by atoms with Crippen LogP contribution in [0.25, 0.3) is 0 Å². The Morgan fingerprint density at radius 3 is 2.58 bits per heavy atom. The summed E-state index contributed by atoms with van der Waals surface area (Å²) < 4.78 is 0. The Bertz CT molecular complexity index is 491. The van der Waals surface area contributed by atoms with Gasteiger partial charge in [0, 0.05) is 25.7 Å². The van der Waals surface area contributed by atoms with Gasteiger partial charge in [0.25, 0.3) is 5.69 Å². The second-order valence-electron chi connectivity index (χ2n) is 5.80. The van der Waals surface area contributed by atoms with Crippen molar-refractivity contribution in [2.75, 3.05) is 18.8 Å². The van der Waals surface area contributed by atoms with Crippen molar-refractivity contribution in [3.63, 3.8) is 0 Å². The van der Waals surface area contributed by atoms with Gasteiger partial charge in [-0.3, -0.25) is 15.0 Å². The molecule has 19 heavy (non-hydrogen) atoms. The molecule has 1 aromatic carbocycles. The number of rotatable bonds is 3. The molecule has 2 atom stereocenters. The fraction of sp³-hybridized carbons (Fsp3) is 0.571. The summed E-state index contributed by atoms with van der Waals surface area (Å²) in [5.41, 5.74) is 7.07. The van der Waals surface area contributed by atoms with Crippen LogP contribution in [0.2, 0.25) is 0 Å². The Labute approximate surface area is 112 Å². The van der Waals surface area contributed by atoms with Gasteiger partial charge in [0.05, 0.1) is 4.92 Å². The van der Waals surface area contributed by atoms with Gasteiger partial charge in [0.15, 0.2) is 0 Å². The van der Waals surface area contributed by atoms with Gasteiger partial charge in [0.2, 0.25) is 0 Å². The molecule has 2 N–H and O–H groups in total. The molecule has 1 heterocycles. The number of nitrogens with two attached hydrogens (primary N) is 1. The molecule has 3 rings (SSSR count). The summed E-state index contributed by atoms with van der Waals surface area (Å²) >= 11 is 0. The van der Waals surface area contributed by atoms with Crippen LogP contribution < -0.4 is 5.73 Å². The molecule has 1 saturated carbocycles. The number of nitrogen functional groups attached to an aromatic ring is 1. The molecule has 0 radical (unpaired) electrons. The minimum atomic E-state index is -0.431. The minimum absolute atomic E-state index is 0.00189. The molecular formula is C14H19N3O2. The van der Waals surface area contributed by atoms with Crippen molar-refractivity contribution in [2.24, 2.45) is 11.8 Å². The minimum Gasteiger partial charge on any atom is -0.393 e. The summed E-state index contributed by atoms with van der Waals surface area (Å²) in [7, 11) is 0. The third kappa shape index (κ3) is 2.42. The van der Waals surface area contributed by atoms with Gasteiger partial charge < -0.3 is 5.73 Å². The molecule has 5 heteroatoms. The summed E-state index contributed by atoms with van der Waals surface area (Å²) in [6, 6.07) is 5.08. The Kier molecular flexibility index (Phi) is 3.14. The van der Waals surface area contributed by atoms with Crippen molar-refractivity contribution in [2.45, 2.75) is 25.8 Å². The van der Waals surface area contributed by atoms with Gasteiger partial charge in [0.1, 0.15) is 5.69 Å². The highest BCUT2D eigenvalue weighted by molar-refractivity contribution is 5.59. The number of benzene rings is 1. The molecule has 1 saturated heterocycles. The smallest absolute Gasteiger partial charge is 0.292 e. The fourth-order valence-electron chi connectivity index (χ4n) is 3.59. The lowest BCUT2D eigenvalue weighted by atomic mass is 10.0. The number of fused-ring (bicyclic) bond motifs is 1. The van der Waals surface area contributed by atoms with E-state index in [1.54, 1.807) is 6.07 Å². The van der Waals surface area contributed by atoms with Gasteiger partial charge >= 0.3 is 0 Å². The van der Waals surface area contributed by atoms with Crippen molar-refractivity contribution in [3.05, 3.63) is 33.9 Å². The quantitative estimate of drug-likeness (QED) is 0.515. The third-order valence-electron chi connectivity index (χ3n) is 4.50. The highest BCUT2D eigenvalue weighted by atomic mass is 16.6. The van der Waals surface area contributed by atoms with Crippen molar-refractivity contribution in [1.82, 2.24) is 4.90 Å². The molecule has 1 aromatic rings. The summed E-state index contributed by atoms with van der Waals surface area (Å²) in [6.45, 7) is 3.19.